The van der Waals surface area contributed by atoms with Gasteiger partial charge in [-0.3, -0.25) is 9.59 Å². The van der Waals surface area contributed by atoms with Gasteiger partial charge in [-0.25, -0.2) is 4.68 Å². The van der Waals surface area contributed by atoms with E-state index in [0.717, 1.165) is 11.1 Å². The Hall–Kier alpha value is -3.65. The zero-order chi connectivity index (χ0) is 22.4. The molecular formula is C23H26N4O4. The lowest BCUT2D eigenvalue weighted by Crippen LogP contribution is -2.26. The number of aromatic nitrogens is 2. The minimum atomic E-state index is -0.329. The summed E-state index contributed by atoms with van der Waals surface area (Å²) < 4.78 is 12.2. The lowest BCUT2D eigenvalue weighted by Gasteiger charge is -2.15. The Morgan fingerprint density at radius 1 is 1.10 bits per heavy atom. The monoisotopic (exact) mass is 422 g/mol. The Bertz CT molecular complexity index is 1120. The molecule has 31 heavy (non-hydrogen) atoms. The summed E-state index contributed by atoms with van der Waals surface area (Å²) in [6, 6.07) is 12.6. The van der Waals surface area contributed by atoms with Gasteiger partial charge in [0, 0.05) is 32.0 Å². The second-order valence-corrected chi connectivity index (χ2v) is 7.06. The van der Waals surface area contributed by atoms with Gasteiger partial charge in [-0.2, -0.15) is 5.10 Å². The number of anilines is 2. The highest BCUT2D eigenvalue weighted by molar-refractivity contribution is 5.94. The number of nitrogens with zero attached hydrogens (tertiary/aromatic N) is 2. The molecule has 2 N–H and O–H groups in total. The lowest BCUT2D eigenvalue weighted by molar-refractivity contribution is 0.0937. The van der Waals surface area contributed by atoms with Crippen LogP contribution in [0.4, 0.5) is 11.4 Å². The predicted octanol–water partition coefficient (Wildman–Crippen LogP) is 3.31. The van der Waals surface area contributed by atoms with Gasteiger partial charge in [-0.05, 0) is 55.3 Å². The SMILES string of the molecule is COCCNC(=O)c1ccc(Nc2c(Oc3cccc(C)c3C)cnn(C)c2=O)cc1. The van der Waals surface area contributed by atoms with Gasteiger partial charge in [-0.1, -0.05) is 12.1 Å². The Labute approximate surface area is 180 Å². The molecule has 3 aromatic rings. The van der Waals surface area contributed by atoms with E-state index in [-0.39, 0.29) is 17.2 Å². The van der Waals surface area contributed by atoms with Crippen LogP contribution < -0.4 is 20.9 Å². The molecule has 8 nitrogen and oxygen atoms in total. The van der Waals surface area contributed by atoms with Gasteiger partial charge < -0.3 is 20.1 Å². The summed E-state index contributed by atoms with van der Waals surface area (Å²) in [5.41, 5.74) is 3.15. The van der Waals surface area contributed by atoms with Crippen LogP contribution in [0.25, 0.3) is 0 Å². The van der Waals surface area contributed by atoms with E-state index in [4.69, 9.17) is 9.47 Å². The van der Waals surface area contributed by atoms with Gasteiger partial charge in [-0.15, -0.1) is 0 Å². The summed E-state index contributed by atoms with van der Waals surface area (Å²) in [6.07, 6.45) is 1.50. The third-order valence-corrected chi connectivity index (χ3v) is 4.89. The highest BCUT2D eigenvalue weighted by Gasteiger charge is 2.14. The maximum atomic E-state index is 12.7. The molecule has 1 aromatic heterocycles. The summed E-state index contributed by atoms with van der Waals surface area (Å²) in [5, 5.41) is 9.95. The number of nitrogens with one attached hydrogen (secondary N) is 2. The van der Waals surface area contributed by atoms with E-state index in [2.05, 4.69) is 15.7 Å². The third kappa shape index (κ3) is 5.29. The third-order valence-electron chi connectivity index (χ3n) is 4.89. The first kappa shape index (κ1) is 22.0. The fourth-order valence-corrected chi connectivity index (χ4v) is 2.89. The van der Waals surface area contributed by atoms with Crippen molar-refractivity contribution in [2.24, 2.45) is 7.05 Å². The number of hydrogen-bond acceptors (Lipinski definition) is 6. The van der Waals surface area contributed by atoms with E-state index in [1.807, 2.05) is 32.0 Å². The van der Waals surface area contributed by atoms with Gasteiger partial charge in [0.1, 0.15) is 5.75 Å². The molecule has 0 bridgehead atoms. The fraction of sp³-hybridized carbons (Fsp3) is 0.261. The largest absolute Gasteiger partial charge is 0.453 e. The molecule has 0 aliphatic carbocycles. The number of aryl methyl sites for hydroxylation is 2. The molecule has 1 amide bonds. The number of carbonyl (C=O) groups excluding carboxylic acids is 1. The summed E-state index contributed by atoms with van der Waals surface area (Å²) >= 11 is 0. The molecule has 0 fully saturated rings. The number of rotatable bonds is 8. The number of carbonyl (C=O) groups is 1. The van der Waals surface area contributed by atoms with E-state index < -0.39 is 0 Å². The maximum absolute atomic E-state index is 12.7. The van der Waals surface area contributed by atoms with E-state index in [1.54, 1.807) is 38.4 Å². The number of methoxy groups -OCH3 is 1. The molecule has 2 aromatic carbocycles. The predicted molar refractivity (Wildman–Crippen MR) is 119 cm³/mol. The number of benzene rings is 2. The number of amides is 1. The number of ether oxygens (including phenoxy) is 2. The van der Waals surface area contributed by atoms with Crippen LogP contribution >= 0.6 is 0 Å². The molecule has 0 aliphatic rings. The van der Waals surface area contributed by atoms with Crippen molar-refractivity contribution in [1.29, 1.82) is 0 Å². The average Bonchev–Trinajstić information content (AvgIpc) is 2.77. The maximum Gasteiger partial charge on any atom is 0.294 e. The highest BCUT2D eigenvalue weighted by Crippen LogP contribution is 2.31. The van der Waals surface area contributed by atoms with Crippen molar-refractivity contribution >= 4 is 17.3 Å². The van der Waals surface area contributed by atoms with Crippen LogP contribution in [0.3, 0.4) is 0 Å². The van der Waals surface area contributed by atoms with Crippen LogP contribution in [0.15, 0.2) is 53.5 Å². The second-order valence-electron chi connectivity index (χ2n) is 7.06. The van der Waals surface area contributed by atoms with Crippen LogP contribution in [0.1, 0.15) is 21.5 Å². The van der Waals surface area contributed by atoms with Crippen LogP contribution in [0, 0.1) is 13.8 Å². The minimum absolute atomic E-state index is 0.192. The van der Waals surface area contributed by atoms with Crippen molar-refractivity contribution in [2.45, 2.75) is 13.8 Å². The first-order chi connectivity index (χ1) is 14.9. The smallest absolute Gasteiger partial charge is 0.294 e. The van der Waals surface area contributed by atoms with Gasteiger partial charge in [0.05, 0.1) is 12.8 Å². The molecule has 8 heteroatoms. The zero-order valence-electron chi connectivity index (χ0n) is 18.1. The van der Waals surface area contributed by atoms with Gasteiger partial charge in [0.25, 0.3) is 11.5 Å². The van der Waals surface area contributed by atoms with Crippen LogP contribution in [0.2, 0.25) is 0 Å². The van der Waals surface area contributed by atoms with E-state index in [0.29, 0.717) is 35.9 Å². The standard InChI is InChI=1S/C23H26N4O4/c1-15-6-5-7-19(16(15)2)31-20-14-25-27(3)23(29)21(20)26-18-10-8-17(9-11-18)22(28)24-12-13-30-4/h5-11,14,26H,12-13H2,1-4H3,(H,24,28). The van der Waals surface area contributed by atoms with Crippen LogP contribution in [-0.4, -0.2) is 35.9 Å². The summed E-state index contributed by atoms with van der Waals surface area (Å²) in [4.78, 5) is 24.9. The quantitative estimate of drug-likeness (QED) is 0.541. The van der Waals surface area contributed by atoms with Crippen LogP contribution in [-0.2, 0) is 11.8 Å². The molecule has 0 atom stereocenters. The minimum Gasteiger partial charge on any atom is -0.453 e. The topological polar surface area (TPSA) is 94.5 Å². The van der Waals surface area contributed by atoms with Crippen molar-refractivity contribution in [1.82, 2.24) is 15.1 Å². The zero-order valence-corrected chi connectivity index (χ0v) is 18.1. The van der Waals surface area contributed by atoms with Crippen molar-refractivity contribution in [2.75, 3.05) is 25.6 Å². The molecule has 0 saturated carbocycles. The van der Waals surface area contributed by atoms with Crippen molar-refractivity contribution in [3.05, 3.63) is 75.7 Å². The highest BCUT2D eigenvalue weighted by atomic mass is 16.5. The lowest BCUT2D eigenvalue weighted by atomic mass is 10.1. The van der Waals surface area contributed by atoms with E-state index >= 15 is 0 Å². The molecule has 1 heterocycles. The molecule has 0 spiro atoms. The summed E-state index contributed by atoms with van der Waals surface area (Å²) in [5.74, 6) is 0.779. The molecule has 0 radical (unpaired) electrons. The molecule has 3 rings (SSSR count). The van der Waals surface area contributed by atoms with Gasteiger partial charge in [0.2, 0.25) is 0 Å². The molecule has 162 valence electrons. The van der Waals surface area contributed by atoms with E-state index in [1.165, 1.54) is 10.9 Å². The molecule has 0 unspecified atom stereocenters. The Morgan fingerprint density at radius 2 is 1.84 bits per heavy atom. The van der Waals surface area contributed by atoms with Gasteiger partial charge in [0.15, 0.2) is 11.4 Å². The average molecular weight is 422 g/mol. The van der Waals surface area contributed by atoms with Crippen molar-refractivity contribution in [3.8, 4) is 11.5 Å². The molecular weight excluding hydrogens is 396 g/mol. The Morgan fingerprint density at radius 3 is 2.55 bits per heavy atom. The van der Waals surface area contributed by atoms with Crippen LogP contribution in [0.5, 0.6) is 11.5 Å². The molecule has 0 aliphatic heterocycles. The first-order valence-electron chi connectivity index (χ1n) is 9.85. The number of hydrogen-bond donors (Lipinski definition) is 2. The fourth-order valence-electron chi connectivity index (χ4n) is 2.89. The normalized spacial score (nSPS) is 10.6. The van der Waals surface area contributed by atoms with Gasteiger partial charge >= 0.3 is 0 Å². The first-order valence-corrected chi connectivity index (χ1v) is 9.85. The van der Waals surface area contributed by atoms with Crippen molar-refractivity contribution in [3.63, 3.8) is 0 Å². The van der Waals surface area contributed by atoms with Crippen molar-refractivity contribution < 1.29 is 14.3 Å². The molecule has 0 saturated heterocycles. The second kappa shape index (κ2) is 9.90. The van der Waals surface area contributed by atoms with E-state index in [9.17, 15) is 9.59 Å². The summed E-state index contributed by atoms with van der Waals surface area (Å²) in [6.45, 7) is 4.83. The summed E-state index contributed by atoms with van der Waals surface area (Å²) in [7, 11) is 3.15. The Kier molecular flexibility index (Phi) is 7.04. The Balaban J connectivity index is 1.84.